The first-order chi connectivity index (χ1) is 6.95. The molecule has 1 N–H and O–H groups in total. The van der Waals surface area contributed by atoms with Gasteiger partial charge in [-0.05, 0) is 12.1 Å². The maximum atomic E-state index is 11.9. The van der Waals surface area contributed by atoms with Crippen molar-refractivity contribution in [1.82, 2.24) is 4.98 Å². The van der Waals surface area contributed by atoms with Crippen molar-refractivity contribution in [3.05, 3.63) is 23.9 Å². The second kappa shape index (κ2) is 4.18. The number of alkyl halides is 2. The number of aromatic nitrogens is 1. The number of halogens is 2. The molecule has 5 nitrogen and oxygen atoms in total. The van der Waals surface area contributed by atoms with E-state index in [4.69, 9.17) is 5.26 Å². The van der Waals surface area contributed by atoms with Gasteiger partial charge >= 0.3 is 5.76 Å². The second-order valence-corrected chi connectivity index (χ2v) is 4.10. The lowest BCUT2D eigenvalue weighted by Crippen LogP contribution is -2.21. The summed E-state index contributed by atoms with van der Waals surface area (Å²) in [5.74, 6) is -3.77. The third-order valence-corrected chi connectivity index (χ3v) is 2.34. The molecule has 0 saturated carbocycles. The predicted molar refractivity (Wildman–Crippen MR) is 47.5 cm³/mol. The van der Waals surface area contributed by atoms with Gasteiger partial charge in [-0.2, -0.15) is 14.0 Å². The Morgan fingerprint density at radius 1 is 1.47 bits per heavy atom. The van der Waals surface area contributed by atoms with Crippen LogP contribution in [0.4, 0.5) is 14.6 Å². The molecule has 0 aliphatic carbocycles. The Morgan fingerprint density at radius 3 is 2.53 bits per heavy atom. The lowest BCUT2D eigenvalue weighted by Gasteiger charge is -2.04. The van der Waals surface area contributed by atoms with Crippen molar-refractivity contribution in [3.63, 3.8) is 0 Å². The van der Waals surface area contributed by atoms with Crippen molar-refractivity contribution >= 4 is 15.8 Å². The SMILES string of the molecule is N#Cc1ccc(NS(=O)(=O)C(F)F)nc1. The minimum atomic E-state index is -4.70. The van der Waals surface area contributed by atoms with E-state index >= 15 is 0 Å². The van der Waals surface area contributed by atoms with Crippen LogP contribution in [0.3, 0.4) is 0 Å². The lowest BCUT2D eigenvalue weighted by molar-refractivity contribution is 0.236. The van der Waals surface area contributed by atoms with Gasteiger partial charge in [-0.15, -0.1) is 0 Å². The van der Waals surface area contributed by atoms with E-state index in [1.165, 1.54) is 6.07 Å². The third-order valence-electron chi connectivity index (χ3n) is 1.37. The zero-order valence-electron chi connectivity index (χ0n) is 7.18. The maximum absolute atomic E-state index is 11.9. The summed E-state index contributed by atoms with van der Waals surface area (Å²) >= 11 is 0. The molecule has 0 aliphatic heterocycles. The van der Waals surface area contributed by atoms with Crippen LogP contribution < -0.4 is 4.72 Å². The van der Waals surface area contributed by atoms with Crippen LogP contribution in [0.2, 0.25) is 0 Å². The Bertz CT molecular complexity index is 478. The zero-order chi connectivity index (χ0) is 11.5. The molecule has 0 aliphatic rings. The molecular weight excluding hydrogens is 228 g/mol. The van der Waals surface area contributed by atoms with Crippen molar-refractivity contribution in [3.8, 4) is 6.07 Å². The van der Waals surface area contributed by atoms with Crippen LogP contribution in [0.25, 0.3) is 0 Å². The molecular formula is C7H5F2N3O2S. The predicted octanol–water partition coefficient (Wildman–Crippen LogP) is 0.918. The Balaban J connectivity index is 2.88. The molecule has 0 atom stereocenters. The summed E-state index contributed by atoms with van der Waals surface area (Å²) in [7, 11) is -4.70. The first-order valence-electron chi connectivity index (χ1n) is 3.61. The molecule has 0 bridgehead atoms. The molecule has 0 fully saturated rings. The molecule has 0 radical (unpaired) electrons. The Morgan fingerprint density at radius 2 is 2.13 bits per heavy atom. The van der Waals surface area contributed by atoms with Gasteiger partial charge in [0.1, 0.15) is 11.9 Å². The first-order valence-corrected chi connectivity index (χ1v) is 5.16. The monoisotopic (exact) mass is 233 g/mol. The van der Waals surface area contributed by atoms with Gasteiger partial charge in [0.25, 0.3) is 10.0 Å². The van der Waals surface area contributed by atoms with Crippen molar-refractivity contribution in [1.29, 1.82) is 5.26 Å². The summed E-state index contributed by atoms with van der Waals surface area (Å²) in [6.07, 6.45) is 1.07. The topological polar surface area (TPSA) is 82.9 Å². The molecule has 0 saturated heterocycles. The molecule has 8 heteroatoms. The molecule has 0 unspecified atom stereocenters. The smallest absolute Gasteiger partial charge is 0.263 e. The number of sulfonamides is 1. The zero-order valence-corrected chi connectivity index (χ0v) is 8.00. The molecule has 0 spiro atoms. The fourth-order valence-corrected chi connectivity index (χ4v) is 1.21. The molecule has 15 heavy (non-hydrogen) atoms. The van der Waals surface area contributed by atoms with Gasteiger partial charge in [0.15, 0.2) is 0 Å². The van der Waals surface area contributed by atoms with Crippen LogP contribution in [0, 0.1) is 11.3 Å². The number of nitrogens with one attached hydrogen (secondary N) is 1. The largest absolute Gasteiger partial charge is 0.355 e. The molecule has 1 aromatic heterocycles. The van der Waals surface area contributed by atoms with Gasteiger partial charge in [-0.3, -0.25) is 4.72 Å². The molecule has 1 aromatic rings. The van der Waals surface area contributed by atoms with Crippen LogP contribution in [0.15, 0.2) is 18.3 Å². The Labute approximate surface area is 84.4 Å². The van der Waals surface area contributed by atoms with Crippen LogP contribution in [-0.2, 0) is 10.0 Å². The summed E-state index contributed by atoms with van der Waals surface area (Å²) in [6, 6.07) is 4.14. The Hall–Kier alpha value is -1.75. The van der Waals surface area contributed by atoms with E-state index in [1.807, 2.05) is 0 Å². The van der Waals surface area contributed by atoms with Crippen molar-refractivity contribution < 1.29 is 17.2 Å². The molecule has 1 heterocycles. The standard InChI is InChI=1S/C7H5F2N3O2S/c8-7(9)15(13,14)12-6-2-1-5(3-10)4-11-6/h1-2,4,7H,(H,11,12). The van der Waals surface area contributed by atoms with Crippen LogP contribution in [0.5, 0.6) is 0 Å². The first kappa shape index (κ1) is 11.3. The normalized spacial score (nSPS) is 11.1. The van der Waals surface area contributed by atoms with Gasteiger partial charge < -0.3 is 0 Å². The lowest BCUT2D eigenvalue weighted by atomic mass is 10.3. The van der Waals surface area contributed by atoms with Crippen LogP contribution in [-0.4, -0.2) is 19.2 Å². The van der Waals surface area contributed by atoms with Crippen molar-refractivity contribution in [2.24, 2.45) is 0 Å². The molecule has 80 valence electrons. The number of pyridine rings is 1. The van der Waals surface area contributed by atoms with Gasteiger partial charge in [0, 0.05) is 6.20 Å². The summed E-state index contributed by atoms with van der Waals surface area (Å²) < 4.78 is 46.8. The molecule has 0 aromatic carbocycles. The maximum Gasteiger partial charge on any atom is 0.355 e. The molecule has 1 rings (SSSR count). The molecule has 0 amide bonds. The van der Waals surface area contributed by atoms with E-state index in [2.05, 4.69) is 4.98 Å². The number of nitriles is 1. The highest BCUT2D eigenvalue weighted by atomic mass is 32.2. The highest BCUT2D eigenvalue weighted by Crippen LogP contribution is 2.11. The van der Waals surface area contributed by atoms with Gasteiger partial charge in [0.05, 0.1) is 5.56 Å². The van der Waals surface area contributed by atoms with Crippen molar-refractivity contribution in [2.75, 3.05) is 4.72 Å². The fourth-order valence-electron chi connectivity index (χ4n) is 0.711. The average molecular weight is 233 g/mol. The highest BCUT2D eigenvalue weighted by molar-refractivity contribution is 7.92. The van der Waals surface area contributed by atoms with E-state index in [0.29, 0.717) is 0 Å². The average Bonchev–Trinajstić information content (AvgIpc) is 2.18. The highest BCUT2D eigenvalue weighted by Gasteiger charge is 2.23. The fraction of sp³-hybridized carbons (Fsp3) is 0.143. The number of rotatable bonds is 3. The number of anilines is 1. The third kappa shape index (κ3) is 2.85. The summed E-state index contributed by atoms with van der Waals surface area (Å²) in [5.41, 5.74) is 0.204. The minimum Gasteiger partial charge on any atom is -0.263 e. The number of hydrogen-bond acceptors (Lipinski definition) is 4. The van der Waals surface area contributed by atoms with E-state index in [-0.39, 0.29) is 11.4 Å². The second-order valence-electron chi connectivity index (χ2n) is 2.45. The van der Waals surface area contributed by atoms with Crippen molar-refractivity contribution in [2.45, 2.75) is 5.76 Å². The van der Waals surface area contributed by atoms with Crippen LogP contribution >= 0.6 is 0 Å². The summed E-state index contributed by atoms with van der Waals surface area (Å²) in [6.45, 7) is 0. The van der Waals surface area contributed by atoms with E-state index in [9.17, 15) is 17.2 Å². The van der Waals surface area contributed by atoms with Gasteiger partial charge in [0.2, 0.25) is 0 Å². The summed E-state index contributed by atoms with van der Waals surface area (Å²) in [5, 5.41) is 8.40. The van der Waals surface area contributed by atoms with Crippen LogP contribution in [0.1, 0.15) is 5.56 Å². The summed E-state index contributed by atoms with van der Waals surface area (Å²) in [4.78, 5) is 3.47. The van der Waals surface area contributed by atoms with E-state index < -0.39 is 15.8 Å². The van der Waals surface area contributed by atoms with E-state index in [0.717, 1.165) is 12.3 Å². The van der Waals surface area contributed by atoms with Gasteiger partial charge in [-0.25, -0.2) is 13.4 Å². The van der Waals surface area contributed by atoms with E-state index in [1.54, 1.807) is 10.8 Å². The van der Waals surface area contributed by atoms with Gasteiger partial charge in [-0.1, -0.05) is 0 Å². The quantitative estimate of drug-likeness (QED) is 0.841. The Kier molecular flexibility index (Phi) is 3.16. The number of nitrogens with zero attached hydrogens (tertiary/aromatic N) is 2. The minimum absolute atomic E-state index is 0.204. The number of hydrogen-bond donors (Lipinski definition) is 1.